The van der Waals surface area contributed by atoms with Crippen LogP contribution in [0, 0.1) is 5.92 Å². The Balaban J connectivity index is 3.51. The lowest BCUT2D eigenvalue weighted by Gasteiger charge is -2.25. The van der Waals surface area contributed by atoms with Crippen molar-refractivity contribution in [1.29, 1.82) is 0 Å². The topological polar surface area (TPSA) is 49.7 Å². The molecule has 9 heteroatoms. The molecule has 0 aliphatic carbocycles. The summed E-state index contributed by atoms with van der Waals surface area (Å²) in [7, 11) is 0. The predicted octanol–water partition coefficient (Wildman–Crippen LogP) is 4.81. The van der Waals surface area contributed by atoms with E-state index < -0.39 is 46.5 Å². The molecule has 1 N–H and O–H groups in total. The second-order valence-corrected chi connectivity index (χ2v) is 5.59. The van der Waals surface area contributed by atoms with Gasteiger partial charge in [0, 0.05) is 6.21 Å². The Morgan fingerprint density at radius 3 is 1.80 bits per heavy atom. The van der Waals surface area contributed by atoms with Gasteiger partial charge in [0.1, 0.15) is 0 Å². The molecule has 0 aliphatic rings. The predicted molar refractivity (Wildman–Crippen MR) is 79.4 cm³/mol. The van der Waals surface area contributed by atoms with Crippen LogP contribution in [0.25, 0.3) is 0 Å². The first kappa shape index (κ1) is 20.7. The van der Waals surface area contributed by atoms with Gasteiger partial charge < -0.3 is 5.11 Å². The number of aliphatic imine (C=N–C) groups is 1. The zero-order valence-electron chi connectivity index (χ0n) is 13.2. The molecule has 0 fully saturated rings. The Hall–Kier alpha value is -2.32. The fourth-order valence-electron chi connectivity index (χ4n) is 2.06. The normalized spacial score (nSPS) is 15.4. The number of nitrogens with zero attached hydrogens (tertiary/aromatic N) is 1. The van der Waals surface area contributed by atoms with E-state index in [1.54, 1.807) is 0 Å². The third-order valence-electron chi connectivity index (χ3n) is 3.57. The zero-order valence-corrected chi connectivity index (χ0v) is 13.2. The van der Waals surface area contributed by atoms with Crippen molar-refractivity contribution in [3.63, 3.8) is 0 Å². The Morgan fingerprint density at radius 2 is 1.52 bits per heavy atom. The van der Waals surface area contributed by atoms with Gasteiger partial charge in [-0.2, -0.15) is 26.3 Å². The maximum Gasteiger partial charge on any atom is 0.416 e. The highest BCUT2D eigenvalue weighted by Crippen LogP contribution is 2.36. The van der Waals surface area contributed by atoms with Crippen molar-refractivity contribution in [3.8, 4) is 0 Å². The van der Waals surface area contributed by atoms with Crippen molar-refractivity contribution in [3.05, 3.63) is 47.5 Å². The molecule has 0 saturated heterocycles. The van der Waals surface area contributed by atoms with Crippen molar-refractivity contribution in [2.45, 2.75) is 31.7 Å². The third-order valence-corrected chi connectivity index (χ3v) is 3.57. The number of hydrogen-bond donors (Lipinski definition) is 1. The van der Waals surface area contributed by atoms with Gasteiger partial charge in [0.05, 0.1) is 11.1 Å². The molecule has 1 atom stereocenters. The molecule has 1 aromatic rings. The molecule has 0 radical (unpaired) electrons. The number of carboxylic acids is 1. The van der Waals surface area contributed by atoms with Crippen LogP contribution in [0.3, 0.4) is 0 Å². The van der Waals surface area contributed by atoms with Gasteiger partial charge in [-0.05, 0) is 29.7 Å². The van der Waals surface area contributed by atoms with E-state index in [0.29, 0.717) is 18.3 Å². The summed E-state index contributed by atoms with van der Waals surface area (Å²) in [5.41, 5.74) is -5.40. The number of carbonyl (C=O) groups is 1. The first-order chi connectivity index (χ1) is 11.2. The highest BCUT2D eigenvalue weighted by molar-refractivity contribution is 5.88. The van der Waals surface area contributed by atoms with Crippen LogP contribution in [0.2, 0.25) is 0 Å². The van der Waals surface area contributed by atoms with Gasteiger partial charge in [-0.15, -0.1) is 6.58 Å². The first-order valence-electron chi connectivity index (χ1n) is 6.95. The summed E-state index contributed by atoms with van der Waals surface area (Å²) >= 11 is 0. The lowest BCUT2D eigenvalue weighted by atomic mass is 9.87. The number of aliphatic carboxylic acids is 1. The molecule has 0 spiro atoms. The largest absolute Gasteiger partial charge is 0.479 e. The summed E-state index contributed by atoms with van der Waals surface area (Å²) in [6.45, 7) is 6.32. The van der Waals surface area contributed by atoms with Gasteiger partial charge in [0.25, 0.3) is 0 Å². The van der Waals surface area contributed by atoms with Gasteiger partial charge in [-0.3, -0.25) is 4.99 Å². The van der Waals surface area contributed by atoms with Crippen molar-refractivity contribution in [1.82, 2.24) is 0 Å². The average molecular weight is 367 g/mol. The van der Waals surface area contributed by atoms with Crippen LogP contribution in [0.4, 0.5) is 26.3 Å². The summed E-state index contributed by atoms with van der Waals surface area (Å²) in [5.74, 6) is -2.05. The van der Waals surface area contributed by atoms with Crippen LogP contribution >= 0.6 is 0 Å². The summed E-state index contributed by atoms with van der Waals surface area (Å²) in [4.78, 5) is 15.1. The molecular formula is C16H15F6NO2. The minimum Gasteiger partial charge on any atom is -0.479 e. The van der Waals surface area contributed by atoms with Crippen molar-refractivity contribution in [2.24, 2.45) is 10.9 Å². The standard InChI is InChI=1S/C16H15F6NO2/c1-4-14(9(2)3,13(24)25)23-8-10-5-11(15(17,18)19)7-12(6-10)16(20,21)22/h4-9H,1H2,2-3H3,(H,24,25)/b23-8+. The lowest BCUT2D eigenvalue weighted by Crippen LogP contribution is -2.40. The maximum atomic E-state index is 12.8. The molecule has 0 amide bonds. The molecule has 0 bridgehead atoms. The van der Waals surface area contributed by atoms with Crippen LogP contribution in [-0.2, 0) is 17.1 Å². The molecule has 0 saturated carbocycles. The number of alkyl halides is 6. The van der Waals surface area contributed by atoms with Gasteiger partial charge in [-0.1, -0.05) is 19.9 Å². The van der Waals surface area contributed by atoms with Crippen LogP contribution in [-0.4, -0.2) is 22.8 Å². The van der Waals surface area contributed by atoms with E-state index in [4.69, 9.17) is 0 Å². The third kappa shape index (κ3) is 4.61. The minimum atomic E-state index is -5.00. The minimum absolute atomic E-state index is 0.0161. The highest BCUT2D eigenvalue weighted by Gasteiger charge is 2.39. The summed E-state index contributed by atoms with van der Waals surface area (Å²) in [6.07, 6.45) is -8.33. The quantitative estimate of drug-likeness (QED) is 0.461. The summed E-state index contributed by atoms with van der Waals surface area (Å²) < 4.78 is 76.9. The molecular weight excluding hydrogens is 352 g/mol. The Kier molecular flexibility index (Phi) is 5.71. The molecule has 3 nitrogen and oxygen atoms in total. The molecule has 138 valence electrons. The van der Waals surface area contributed by atoms with Crippen LogP contribution < -0.4 is 0 Å². The molecule has 0 aromatic heterocycles. The molecule has 0 aliphatic heterocycles. The van der Waals surface area contributed by atoms with Crippen LogP contribution in [0.5, 0.6) is 0 Å². The van der Waals surface area contributed by atoms with E-state index >= 15 is 0 Å². The van der Waals surface area contributed by atoms with E-state index in [0.717, 1.165) is 6.08 Å². The van der Waals surface area contributed by atoms with Gasteiger partial charge in [-0.25, -0.2) is 4.79 Å². The number of benzene rings is 1. The maximum absolute atomic E-state index is 12.8. The highest BCUT2D eigenvalue weighted by atomic mass is 19.4. The van der Waals surface area contributed by atoms with Crippen LogP contribution in [0.15, 0.2) is 35.8 Å². The van der Waals surface area contributed by atoms with Crippen molar-refractivity contribution in [2.75, 3.05) is 0 Å². The monoisotopic (exact) mass is 367 g/mol. The zero-order chi connectivity index (χ0) is 19.6. The number of halogens is 6. The molecule has 0 heterocycles. The Morgan fingerprint density at radius 1 is 1.08 bits per heavy atom. The lowest BCUT2D eigenvalue weighted by molar-refractivity contribution is -0.144. The van der Waals surface area contributed by atoms with E-state index in [1.165, 1.54) is 13.8 Å². The first-order valence-corrected chi connectivity index (χ1v) is 6.95. The fraction of sp³-hybridized carbons (Fsp3) is 0.375. The van der Waals surface area contributed by atoms with E-state index in [-0.39, 0.29) is 6.07 Å². The van der Waals surface area contributed by atoms with Gasteiger partial charge in [0.15, 0.2) is 5.54 Å². The van der Waals surface area contributed by atoms with Crippen molar-refractivity contribution >= 4 is 12.2 Å². The molecule has 1 rings (SSSR count). The van der Waals surface area contributed by atoms with E-state index in [9.17, 15) is 36.2 Å². The van der Waals surface area contributed by atoms with E-state index in [1.807, 2.05) is 0 Å². The second-order valence-electron chi connectivity index (χ2n) is 5.59. The smallest absolute Gasteiger partial charge is 0.416 e. The van der Waals surface area contributed by atoms with Crippen molar-refractivity contribution < 1.29 is 36.2 Å². The summed E-state index contributed by atoms with van der Waals surface area (Å²) in [6, 6.07) is 0.918. The van der Waals surface area contributed by atoms with Crippen LogP contribution in [0.1, 0.15) is 30.5 Å². The average Bonchev–Trinajstić information content (AvgIpc) is 2.45. The van der Waals surface area contributed by atoms with E-state index in [2.05, 4.69) is 11.6 Å². The number of carboxylic acid groups (broad SMARTS) is 1. The van der Waals surface area contributed by atoms with Gasteiger partial charge in [0.2, 0.25) is 0 Å². The summed E-state index contributed by atoms with van der Waals surface area (Å²) in [5, 5.41) is 9.29. The number of rotatable bonds is 5. The Bertz CT molecular complexity index is 659. The second kappa shape index (κ2) is 6.89. The molecule has 1 aromatic carbocycles. The molecule has 1 unspecified atom stereocenters. The number of hydrogen-bond acceptors (Lipinski definition) is 2. The SMILES string of the molecule is C=CC(/N=C/c1cc(C(F)(F)F)cc(C(F)(F)F)c1)(C(=O)O)C(C)C. The van der Waals surface area contributed by atoms with Gasteiger partial charge >= 0.3 is 18.3 Å². The Labute approximate surface area is 139 Å². The molecule has 25 heavy (non-hydrogen) atoms. The fourth-order valence-corrected chi connectivity index (χ4v) is 2.06.